The monoisotopic (exact) mass is 1740 g/mol. The second kappa shape index (κ2) is 40.5. The van der Waals surface area contributed by atoms with E-state index in [-0.39, 0.29) is 115 Å². The molecule has 0 aliphatic heterocycles. The highest BCUT2D eigenvalue weighted by atomic mass is 32.3. The zero-order chi connectivity index (χ0) is 86.2. The van der Waals surface area contributed by atoms with Gasteiger partial charge in [0, 0.05) is 18.6 Å². The van der Waals surface area contributed by atoms with E-state index in [9.17, 15) is 52.8 Å². The van der Waals surface area contributed by atoms with Gasteiger partial charge in [0.15, 0.2) is 0 Å². The number of aliphatic hydroxyl groups is 1. The lowest BCUT2D eigenvalue weighted by molar-refractivity contribution is -0.136. The summed E-state index contributed by atoms with van der Waals surface area (Å²) in [6, 6.07) is 49.5. The number of carboxylic acid groups (broad SMARTS) is 1. The largest absolute Gasteiger partial charge is 0.481 e. The van der Waals surface area contributed by atoms with Gasteiger partial charge in [0.2, 0.25) is 24.8 Å². The molecule has 2 amide bonds. The van der Waals surface area contributed by atoms with Gasteiger partial charge in [0.05, 0.1) is 53.7 Å². The number of primary sulfonamides is 1. The second-order valence-corrected chi connectivity index (χ2v) is 49.4. The molecule has 19 nitrogen and oxygen atoms in total. The van der Waals surface area contributed by atoms with Crippen molar-refractivity contribution < 1.29 is 71.9 Å². The first-order chi connectivity index (χ1) is 54.2. The molecular formula is C86H107F3N6O13S6Si2. The molecule has 7 aromatic carbocycles. The van der Waals surface area contributed by atoms with Gasteiger partial charge in [-0.15, -0.1) is 34.0 Å². The highest BCUT2D eigenvalue weighted by Gasteiger charge is 2.52. The van der Waals surface area contributed by atoms with Crippen molar-refractivity contribution in [2.45, 2.75) is 222 Å². The summed E-state index contributed by atoms with van der Waals surface area (Å²) in [4.78, 5) is 50.0. The predicted molar refractivity (Wildman–Crippen MR) is 462 cm³/mol. The normalized spacial score (nSPS) is 12.3. The number of nitrogens with zero attached hydrogens (tertiary/aromatic N) is 3. The first-order valence-electron chi connectivity index (χ1n) is 37.9. The number of halogens is 3. The van der Waals surface area contributed by atoms with Crippen LogP contribution in [0.5, 0.6) is 0 Å². The number of aliphatic carboxylic acids is 1. The molecule has 3 heterocycles. The van der Waals surface area contributed by atoms with Crippen molar-refractivity contribution in [3.63, 3.8) is 0 Å². The zero-order valence-corrected chi connectivity index (χ0v) is 75.7. The highest BCUT2D eigenvalue weighted by Crippen LogP contribution is 2.41. The lowest BCUT2D eigenvalue weighted by Crippen LogP contribution is -2.66. The first-order valence-corrected chi connectivity index (χ1v) is 48.7. The maximum absolute atomic E-state index is 14.3. The second-order valence-electron chi connectivity index (χ2n) is 32.0. The maximum Gasteiger partial charge on any atom is 0.307 e. The van der Waals surface area contributed by atoms with Crippen LogP contribution in [-0.4, -0.2) is 84.8 Å². The molecule has 30 heteroatoms. The van der Waals surface area contributed by atoms with E-state index >= 15 is 0 Å². The maximum atomic E-state index is 14.3. The molecule has 0 bridgehead atoms. The molecule has 0 spiro atoms. The van der Waals surface area contributed by atoms with E-state index in [2.05, 4.69) is 110 Å². The molecule has 10 aromatic rings. The molecule has 0 saturated carbocycles. The third kappa shape index (κ3) is 24.3. The van der Waals surface area contributed by atoms with E-state index in [1.807, 2.05) is 161 Å². The molecule has 116 heavy (non-hydrogen) atoms. The van der Waals surface area contributed by atoms with E-state index in [0.29, 0.717) is 43.1 Å². The number of nitrogens with two attached hydrogens (primary N) is 1. The van der Waals surface area contributed by atoms with Crippen LogP contribution in [0, 0.1) is 17.5 Å². The van der Waals surface area contributed by atoms with Crippen LogP contribution in [0.15, 0.2) is 189 Å². The molecule has 3 aromatic heterocycles. The Morgan fingerprint density at radius 2 is 0.664 bits per heavy atom. The molecule has 0 atom stereocenters. The van der Waals surface area contributed by atoms with E-state index in [4.69, 9.17) is 24.2 Å². The predicted octanol–water partition coefficient (Wildman–Crippen LogP) is 16.3. The number of hydrogen-bond donors (Lipinski definition) is 5. The van der Waals surface area contributed by atoms with E-state index in [1.54, 1.807) is 0 Å². The van der Waals surface area contributed by atoms with Crippen LogP contribution in [-0.2, 0) is 92.4 Å². The van der Waals surface area contributed by atoms with Gasteiger partial charge in [-0.2, -0.15) is 16.8 Å². The van der Waals surface area contributed by atoms with Crippen LogP contribution in [0.2, 0.25) is 10.1 Å². The van der Waals surface area contributed by atoms with E-state index in [1.165, 1.54) is 65.4 Å². The Labute approximate surface area is 696 Å². The molecule has 624 valence electrons. The molecule has 0 unspecified atom stereocenters. The van der Waals surface area contributed by atoms with Crippen LogP contribution in [0.1, 0.15) is 225 Å². The topological polar surface area (TPSA) is 301 Å². The summed E-state index contributed by atoms with van der Waals surface area (Å²) in [6.45, 7) is 36.3. The summed E-state index contributed by atoms with van der Waals surface area (Å²) in [5, 5.41) is 27.4. The summed E-state index contributed by atoms with van der Waals surface area (Å²) >= 11 is 2.83. The summed E-state index contributed by atoms with van der Waals surface area (Å²) in [5.41, 5.74) is 6.42. The molecule has 6 N–H and O–H groups in total. The average Bonchev–Trinajstić information content (AvgIpc) is 0.896. The molecule has 10 rings (SSSR count). The molecule has 0 aliphatic carbocycles. The number of carbonyl (C=O) groups is 3. The Bertz CT molecular complexity index is 5180. The minimum Gasteiger partial charge on any atom is -0.481 e. The first kappa shape index (κ1) is 94.9. The van der Waals surface area contributed by atoms with Crippen molar-refractivity contribution in [2.24, 2.45) is 5.14 Å². The Hall–Kier alpha value is -8.25. The Morgan fingerprint density at radius 1 is 0.422 bits per heavy atom. The highest BCUT2D eigenvalue weighted by molar-refractivity contribution is 7.92. The Kier molecular flexibility index (Phi) is 33.1. The van der Waals surface area contributed by atoms with Crippen LogP contribution in [0.25, 0.3) is 0 Å². The van der Waals surface area contributed by atoms with Crippen molar-refractivity contribution in [1.82, 2.24) is 24.4 Å². The Morgan fingerprint density at radius 3 is 0.888 bits per heavy atom. The minimum absolute atomic E-state index is 0.0244. The third-order valence-corrected chi connectivity index (χ3v) is 37.0. The summed E-state index contributed by atoms with van der Waals surface area (Å²) in [6.07, 6.45) is 3.87. The number of carboxylic acids is 1. The van der Waals surface area contributed by atoms with Gasteiger partial charge >= 0.3 is 5.97 Å². The van der Waals surface area contributed by atoms with Crippen molar-refractivity contribution >= 4 is 119 Å². The van der Waals surface area contributed by atoms with E-state index < -0.39 is 64.5 Å². The van der Waals surface area contributed by atoms with Gasteiger partial charge < -0.3 is 19.1 Å². The number of rotatable bonds is 28. The summed E-state index contributed by atoms with van der Waals surface area (Å²) in [5.74, 6) is -3.20. The molecule has 0 saturated heterocycles. The smallest absolute Gasteiger partial charge is 0.307 e. The van der Waals surface area contributed by atoms with Crippen LogP contribution in [0.3, 0.4) is 0 Å². The number of benzene rings is 7. The lowest BCUT2D eigenvalue weighted by Gasteiger charge is -2.42. The van der Waals surface area contributed by atoms with Crippen molar-refractivity contribution in [2.75, 3.05) is 0 Å². The SMILES string of the molecule is CC(C)(C)[Si](OCc1cnc(S(N)(=O)=O)s1)(c1ccccc1)c1ccccc1.CC(C)c1cc(F)cc(C(C)C)c1CC(=O)NS(=O)(=O)c1ncc(CO)s1.CC(C)c1cc(F)cc(C(C)C)c1CC(=O)NS(=O)(=O)c1ncc(CO[Si](c2ccccc2)(c2ccccc2)C(C)(C)C)s1.CC(C)c1cc(F)cc(C(C)C)c1CC(=O)O. The number of nitrogens with one attached hydrogen (secondary N) is 2. The zero-order valence-electron chi connectivity index (χ0n) is 68.8. The number of sulfonamides is 3. The molecule has 0 aliphatic rings. The van der Waals surface area contributed by atoms with Crippen LogP contribution >= 0.6 is 34.0 Å². The average molecular weight is 1740 g/mol. The quantitative estimate of drug-likeness (QED) is 0.0285. The summed E-state index contributed by atoms with van der Waals surface area (Å²) < 4.78 is 133. The lowest BCUT2D eigenvalue weighted by atomic mass is 9.87. The van der Waals surface area contributed by atoms with Gasteiger partial charge in [-0.3, -0.25) is 14.4 Å². The van der Waals surface area contributed by atoms with Gasteiger partial charge in [-0.25, -0.2) is 51.1 Å². The minimum atomic E-state index is -4.23. The van der Waals surface area contributed by atoms with Crippen LogP contribution < -0.4 is 35.3 Å². The number of amides is 2. The summed E-state index contributed by atoms with van der Waals surface area (Å²) in [7, 11) is -17.7. The molecule has 0 fully saturated rings. The van der Waals surface area contributed by atoms with Gasteiger partial charge in [-0.05, 0) is 153 Å². The number of carbonyl (C=O) groups excluding carboxylic acids is 2. The van der Waals surface area contributed by atoms with Gasteiger partial charge in [-0.1, -0.05) is 246 Å². The fraction of sp³-hybridized carbons (Fsp3) is 0.372. The molecular weight excluding hydrogens is 1630 g/mol. The number of aromatic nitrogens is 3. The fourth-order valence-corrected chi connectivity index (χ4v) is 28.9. The standard InChI is InChI=1S/C34H41FN2O4S2Si.C20H24N2O3S2Si.C18H23FN2O4S2.C14H19FO2/c1-23(2)29-18-25(35)19-30(24(3)4)31(29)20-32(38)37-43(39,40)33-36-21-26(42-33)22-41-44(34(5,6)7,27-14-10-8-11-15-27)28-16-12-9-13-17-28;1-20(2,3)28(17-10-6-4-7-11-17,18-12-8-5-9-13-18)25-15-16-14-22-19(26-16)27(21,23)24;1-10(2)14-5-12(19)6-15(11(3)4)16(14)7-17(23)21-27(24,25)18-20-8-13(9-22)26-18;1-8(2)11-5-10(15)6-12(9(3)4)13(11)7-14(16)17/h8-19,21,23-24H,20,22H2,1-7H3,(H,37,38);4-14H,15H2,1-3H3,(H2,21,23,24);5-6,8,10-11,22H,7,9H2,1-4H3,(H,21,23);5-6,8-9H,7H2,1-4H3,(H,16,17). The van der Waals surface area contributed by atoms with Crippen LogP contribution in [0.4, 0.5) is 13.2 Å². The number of hydrogen-bond acceptors (Lipinski definition) is 18. The van der Waals surface area contributed by atoms with Crippen molar-refractivity contribution in [3.8, 4) is 0 Å². The number of aliphatic hydroxyl groups excluding tert-OH is 1. The number of thiazole rings is 3. The fourth-order valence-electron chi connectivity index (χ4n) is 14.0. The van der Waals surface area contributed by atoms with Crippen molar-refractivity contribution in [3.05, 3.63) is 258 Å². The third-order valence-electron chi connectivity index (χ3n) is 19.2. The van der Waals surface area contributed by atoms with E-state index in [0.717, 1.165) is 66.0 Å². The Balaban J connectivity index is 0.000000226. The van der Waals surface area contributed by atoms with Crippen molar-refractivity contribution in [1.29, 1.82) is 0 Å². The molecule has 0 radical (unpaired) electrons. The van der Waals surface area contributed by atoms with Gasteiger partial charge in [0.1, 0.15) is 17.5 Å². The van der Waals surface area contributed by atoms with Gasteiger partial charge in [0.25, 0.3) is 46.7 Å².